The molecule has 0 bridgehead atoms. The molecule has 1 aromatic rings. The molecule has 7 atom stereocenters. The van der Waals surface area contributed by atoms with Crippen LogP contribution in [0.3, 0.4) is 0 Å². The number of thiazole rings is 1. The molecular formula is C27H41NO6S. The molecule has 2 rings (SSSR count). The fraction of sp³-hybridized carbons (Fsp3) is 0.667. The van der Waals surface area contributed by atoms with E-state index in [0.717, 1.165) is 16.3 Å². The van der Waals surface area contributed by atoms with E-state index < -0.39 is 41.7 Å². The summed E-state index contributed by atoms with van der Waals surface area (Å²) in [6.07, 6.45) is 2.31. The van der Waals surface area contributed by atoms with E-state index in [0.29, 0.717) is 6.42 Å². The molecule has 196 valence electrons. The van der Waals surface area contributed by atoms with Crippen molar-refractivity contribution in [2.24, 2.45) is 23.2 Å². The van der Waals surface area contributed by atoms with E-state index in [1.54, 1.807) is 20.8 Å². The van der Waals surface area contributed by atoms with Crippen LogP contribution in [0.4, 0.5) is 0 Å². The van der Waals surface area contributed by atoms with Crippen LogP contribution in [0.2, 0.25) is 0 Å². The fourth-order valence-corrected chi connectivity index (χ4v) is 4.90. The number of rotatable bonds is 2. The van der Waals surface area contributed by atoms with Crippen molar-refractivity contribution in [2.75, 3.05) is 0 Å². The van der Waals surface area contributed by atoms with Gasteiger partial charge in [0.2, 0.25) is 0 Å². The van der Waals surface area contributed by atoms with Gasteiger partial charge in [0.05, 0.1) is 40.8 Å². The molecular weight excluding hydrogens is 466 g/mol. The number of hydrogen-bond donors (Lipinski definition) is 3. The zero-order valence-electron chi connectivity index (χ0n) is 21.9. The van der Waals surface area contributed by atoms with Crippen molar-refractivity contribution in [2.45, 2.75) is 92.1 Å². The average Bonchev–Trinajstić information content (AvgIpc) is 3.20. The summed E-state index contributed by atoms with van der Waals surface area (Å²) in [5.74, 6) is -2.08. The molecule has 1 aromatic heterocycles. The van der Waals surface area contributed by atoms with Crippen LogP contribution in [0, 0.1) is 30.1 Å². The van der Waals surface area contributed by atoms with Crippen LogP contribution >= 0.6 is 11.3 Å². The Bertz CT molecular complexity index is 936. The number of allylic oxidation sites excluding steroid dienone is 1. The highest BCUT2D eigenvalue weighted by atomic mass is 32.1. The standard InChI is InChI=1S/C27H41NO6S/c1-15-9-8-10-16(2)25(32)18(4)26(33)27(6,7)23(30)13-24(31)34-22(12-21(15)29)17(3)11-20-14-35-19(5)28-20/h8-9,11,14-16,18,21-23,25,29-30,32H,10,12-13H2,1-7H3/b9-8+,17-11+/t15-,16-,18+,21-,22-,23-,25?/m0/s1. The minimum atomic E-state index is -1.28. The molecule has 2 heterocycles. The van der Waals surface area contributed by atoms with E-state index in [9.17, 15) is 24.9 Å². The third kappa shape index (κ3) is 7.81. The second kappa shape index (κ2) is 12.4. The number of aryl methyl sites for hydroxylation is 1. The van der Waals surface area contributed by atoms with Gasteiger partial charge in [0.1, 0.15) is 11.9 Å². The van der Waals surface area contributed by atoms with Gasteiger partial charge in [-0.3, -0.25) is 9.59 Å². The predicted molar refractivity (Wildman–Crippen MR) is 138 cm³/mol. The second-order valence-electron chi connectivity index (χ2n) is 10.5. The number of hydrogen-bond acceptors (Lipinski definition) is 8. The molecule has 0 saturated carbocycles. The Kier molecular flexibility index (Phi) is 10.4. The molecule has 0 aromatic carbocycles. The van der Waals surface area contributed by atoms with E-state index in [4.69, 9.17) is 4.74 Å². The van der Waals surface area contributed by atoms with Crippen molar-refractivity contribution in [3.8, 4) is 0 Å². The first-order valence-electron chi connectivity index (χ1n) is 12.3. The van der Waals surface area contributed by atoms with Gasteiger partial charge in [0.15, 0.2) is 0 Å². The smallest absolute Gasteiger partial charge is 0.309 e. The highest BCUT2D eigenvalue weighted by Crippen LogP contribution is 2.32. The second-order valence-corrected chi connectivity index (χ2v) is 11.6. The topological polar surface area (TPSA) is 117 Å². The lowest BCUT2D eigenvalue weighted by Gasteiger charge is -2.34. The molecule has 7 nitrogen and oxygen atoms in total. The van der Waals surface area contributed by atoms with Crippen LogP contribution in [-0.2, 0) is 14.3 Å². The number of aliphatic hydroxyl groups is 3. The van der Waals surface area contributed by atoms with E-state index in [1.165, 1.54) is 11.3 Å². The zero-order chi connectivity index (χ0) is 26.5. The van der Waals surface area contributed by atoms with Gasteiger partial charge in [-0.05, 0) is 37.8 Å². The van der Waals surface area contributed by atoms with Gasteiger partial charge < -0.3 is 20.1 Å². The highest BCUT2D eigenvalue weighted by Gasteiger charge is 2.42. The number of carbonyl (C=O) groups excluding carboxylic acids is 2. The first-order valence-corrected chi connectivity index (χ1v) is 13.2. The Morgan fingerprint density at radius 3 is 2.46 bits per heavy atom. The van der Waals surface area contributed by atoms with Gasteiger partial charge in [-0.2, -0.15) is 0 Å². The molecule has 1 aliphatic heterocycles. The van der Waals surface area contributed by atoms with E-state index >= 15 is 0 Å². The minimum absolute atomic E-state index is 0.177. The van der Waals surface area contributed by atoms with Crippen molar-refractivity contribution in [1.82, 2.24) is 4.98 Å². The van der Waals surface area contributed by atoms with Gasteiger partial charge in [0.25, 0.3) is 0 Å². The molecule has 0 amide bonds. The van der Waals surface area contributed by atoms with Crippen molar-refractivity contribution >= 4 is 29.2 Å². The summed E-state index contributed by atoms with van der Waals surface area (Å²) in [6.45, 7) is 12.3. The van der Waals surface area contributed by atoms with Crippen LogP contribution in [0.25, 0.3) is 6.08 Å². The van der Waals surface area contributed by atoms with Gasteiger partial charge in [0, 0.05) is 23.6 Å². The number of ether oxygens (including phenoxy) is 1. The monoisotopic (exact) mass is 507 g/mol. The summed E-state index contributed by atoms with van der Waals surface area (Å²) < 4.78 is 5.74. The predicted octanol–water partition coefficient (Wildman–Crippen LogP) is 4.09. The molecule has 0 spiro atoms. The Morgan fingerprint density at radius 1 is 1.20 bits per heavy atom. The number of cyclic esters (lactones) is 1. The molecule has 8 heteroatoms. The normalized spacial score (nSPS) is 34.9. The third-order valence-corrected chi connectivity index (χ3v) is 7.93. The van der Waals surface area contributed by atoms with Crippen LogP contribution in [0.1, 0.15) is 71.5 Å². The summed E-state index contributed by atoms with van der Waals surface area (Å²) >= 11 is 1.52. The Labute approximate surface area is 212 Å². The Balaban J connectivity index is 2.38. The lowest BCUT2D eigenvalue weighted by Crippen LogP contribution is -2.45. The van der Waals surface area contributed by atoms with Crippen LogP contribution < -0.4 is 0 Å². The summed E-state index contributed by atoms with van der Waals surface area (Å²) in [6, 6.07) is 0. The van der Waals surface area contributed by atoms with Crippen molar-refractivity contribution in [3.05, 3.63) is 33.8 Å². The molecule has 0 radical (unpaired) electrons. The summed E-state index contributed by atoms with van der Waals surface area (Å²) in [5.41, 5.74) is 0.234. The maximum atomic E-state index is 13.2. The van der Waals surface area contributed by atoms with Crippen LogP contribution in [0.15, 0.2) is 23.1 Å². The molecule has 35 heavy (non-hydrogen) atoms. The lowest BCUT2D eigenvalue weighted by molar-refractivity contribution is -0.155. The number of ketones is 1. The number of esters is 1. The quantitative estimate of drug-likeness (QED) is 0.408. The highest BCUT2D eigenvalue weighted by molar-refractivity contribution is 7.09. The van der Waals surface area contributed by atoms with Gasteiger partial charge in [-0.15, -0.1) is 11.3 Å². The maximum absolute atomic E-state index is 13.2. The molecule has 0 fully saturated rings. The zero-order valence-corrected chi connectivity index (χ0v) is 22.7. The van der Waals surface area contributed by atoms with Crippen molar-refractivity contribution in [1.29, 1.82) is 0 Å². The summed E-state index contributed by atoms with van der Waals surface area (Å²) in [7, 11) is 0. The molecule has 0 aliphatic carbocycles. The minimum Gasteiger partial charge on any atom is -0.458 e. The Morgan fingerprint density at radius 2 is 1.86 bits per heavy atom. The molecule has 1 unspecified atom stereocenters. The van der Waals surface area contributed by atoms with Gasteiger partial charge in [-0.1, -0.05) is 46.8 Å². The number of aliphatic hydroxyl groups excluding tert-OH is 3. The molecule has 1 aliphatic rings. The third-order valence-electron chi connectivity index (χ3n) is 7.14. The van der Waals surface area contributed by atoms with Crippen molar-refractivity contribution in [3.63, 3.8) is 0 Å². The maximum Gasteiger partial charge on any atom is 0.309 e. The number of aromatic nitrogens is 1. The fourth-order valence-electron chi connectivity index (χ4n) is 4.33. The lowest BCUT2D eigenvalue weighted by atomic mass is 9.73. The van der Waals surface area contributed by atoms with Crippen LogP contribution in [0.5, 0.6) is 0 Å². The van der Waals surface area contributed by atoms with Gasteiger partial charge >= 0.3 is 5.97 Å². The summed E-state index contributed by atoms with van der Waals surface area (Å²) in [5, 5.41) is 35.3. The number of carbonyl (C=O) groups is 2. The largest absolute Gasteiger partial charge is 0.458 e. The summed E-state index contributed by atoms with van der Waals surface area (Å²) in [4.78, 5) is 30.5. The van der Waals surface area contributed by atoms with E-state index in [-0.39, 0.29) is 30.5 Å². The van der Waals surface area contributed by atoms with Crippen molar-refractivity contribution < 1.29 is 29.6 Å². The average molecular weight is 508 g/mol. The molecule has 3 N–H and O–H groups in total. The van der Waals surface area contributed by atoms with E-state index in [1.807, 2.05) is 51.3 Å². The Hall–Kier alpha value is -1.87. The number of nitrogens with zero attached hydrogens (tertiary/aromatic N) is 1. The first-order chi connectivity index (χ1) is 16.2. The van der Waals surface area contributed by atoms with E-state index in [2.05, 4.69) is 4.98 Å². The van der Waals surface area contributed by atoms with Gasteiger partial charge in [-0.25, -0.2) is 4.98 Å². The number of Topliss-reactive ketones (excluding diaryl/α,β-unsaturated/α-hetero) is 1. The molecule has 0 saturated heterocycles. The SMILES string of the molecule is C/C(=C\c1csc(C)n1)[C@@H]1C[C@H](O)[C@@H](C)/C=C/C[C@H](C)C(O)[C@@H](C)C(=O)C(C)(C)[C@@H](O)CC(=O)O1. The first kappa shape index (κ1) is 29.4. The van der Waals surface area contributed by atoms with Crippen LogP contribution in [-0.4, -0.2) is 56.5 Å².